The average molecular weight is 232 g/mol. The summed E-state index contributed by atoms with van der Waals surface area (Å²) in [6, 6.07) is 9.53. The molecule has 3 atom stereocenters. The summed E-state index contributed by atoms with van der Waals surface area (Å²) in [6.07, 6.45) is 2.66. The molecule has 1 aliphatic rings. The Morgan fingerprint density at radius 3 is 2.41 bits per heavy atom. The zero-order valence-corrected chi connectivity index (χ0v) is 11.2. The van der Waals surface area contributed by atoms with Gasteiger partial charge in [-0.25, -0.2) is 0 Å². The third-order valence-corrected chi connectivity index (χ3v) is 3.87. The van der Waals surface area contributed by atoms with Crippen LogP contribution in [-0.4, -0.2) is 12.6 Å². The third kappa shape index (κ3) is 2.81. The molecule has 0 spiro atoms. The lowest BCUT2D eigenvalue weighted by Gasteiger charge is -2.38. The highest BCUT2D eigenvalue weighted by Gasteiger charge is 2.22. The number of rotatable bonds is 2. The number of nitrogens with two attached hydrogens (primary N) is 1. The summed E-state index contributed by atoms with van der Waals surface area (Å²) >= 11 is 0. The highest BCUT2D eigenvalue weighted by atomic mass is 15.2. The van der Waals surface area contributed by atoms with Crippen LogP contribution >= 0.6 is 0 Å². The Kier molecular flexibility index (Phi) is 3.72. The molecule has 2 N–H and O–H groups in total. The number of hydrogen-bond donors (Lipinski definition) is 1. The van der Waals surface area contributed by atoms with Crippen LogP contribution in [-0.2, 0) is 0 Å². The summed E-state index contributed by atoms with van der Waals surface area (Å²) in [7, 11) is 0. The minimum Gasteiger partial charge on any atom is -0.369 e. The number of nitrogens with zero attached hydrogens (tertiary/aromatic N) is 1. The quantitative estimate of drug-likeness (QED) is 0.847. The van der Waals surface area contributed by atoms with Crippen LogP contribution in [0.5, 0.6) is 0 Å². The first-order valence-electron chi connectivity index (χ1n) is 6.70. The van der Waals surface area contributed by atoms with Gasteiger partial charge in [0.1, 0.15) is 0 Å². The van der Waals surface area contributed by atoms with E-state index in [0.29, 0.717) is 6.04 Å². The van der Waals surface area contributed by atoms with Crippen LogP contribution in [0.25, 0.3) is 0 Å². The third-order valence-electron chi connectivity index (χ3n) is 3.87. The monoisotopic (exact) mass is 232 g/mol. The second-order valence-electron chi connectivity index (χ2n) is 5.56. The topological polar surface area (TPSA) is 29.3 Å². The Labute approximate surface area is 105 Å². The van der Waals surface area contributed by atoms with Gasteiger partial charge < -0.3 is 10.6 Å². The molecule has 0 amide bonds. The molecule has 0 saturated carbocycles. The average Bonchev–Trinajstić information content (AvgIpc) is 2.32. The molecule has 1 saturated heterocycles. The van der Waals surface area contributed by atoms with Gasteiger partial charge in [0, 0.05) is 24.3 Å². The van der Waals surface area contributed by atoms with Gasteiger partial charge in [0.15, 0.2) is 0 Å². The predicted octanol–water partition coefficient (Wildman–Crippen LogP) is 3.33. The van der Waals surface area contributed by atoms with E-state index in [1.54, 1.807) is 0 Å². The maximum atomic E-state index is 5.88. The van der Waals surface area contributed by atoms with Crippen LogP contribution in [0.2, 0.25) is 0 Å². The number of hydrogen-bond acceptors (Lipinski definition) is 2. The molecule has 0 bridgehead atoms. The van der Waals surface area contributed by atoms with Gasteiger partial charge in [-0.15, -0.1) is 0 Å². The van der Waals surface area contributed by atoms with Crippen molar-refractivity contribution in [3.8, 4) is 0 Å². The van der Waals surface area contributed by atoms with Gasteiger partial charge in [-0.2, -0.15) is 0 Å². The lowest BCUT2D eigenvalue weighted by atomic mass is 9.94. The van der Waals surface area contributed by atoms with Crippen molar-refractivity contribution in [1.82, 2.24) is 0 Å². The molecule has 1 aromatic carbocycles. The molecular weight excluding hydrogens is 208 g/mol. The van der Waals surface area contributed by atoms with Crippen LogP contribution < -0.4 is 10.6 Å². The standard InChI is InChI=1S/C15H24N2/c1-11-4-5-12(2)17(10-11)15-8-6-14(7-9-15)13(3)16/h6-9,11-13H,4-5,10,16H2,1-3H3/t11?,12?,13-/m0/s1. The summed E-state index contributed by atoms with van der Waals surface area (Å²) < 4.78 is 0. The molecule has 0 aliphatic carbocycles. The van der Waals surface area contributed by atoms with Gasteiger partial charge in [0.25, 0.3) is 0 Å². The SMILES string of the molecule is CC1CCC(C)N(c2ccc([C@H](C)N)cc2)C1. The first kappa shape index (κ1) is 12.4. The van der Waals surface area contributed by atoms with Crippen molar-refractivity contribution in [2.24, 2.45) is 11.7 Å². The van der Waals surface area contributed by atoms with Gasteiger partial charge in [-0.1, -0.05) is 19.1 Å². The van der Waals surface area contributed by atoms with E-state index in [1.165, 1.54) is 30.6 Å². The minimum absolute atomic E-state index is 0.127. The van der Waals surface area contributed by atoms with E-state index in [4.69, 9.17) is 5.73 Å². The van der Waals surface area contributed by atoms with E-state index in [0.717, 1.165) is 5.92 Å². The molecule has 1 heterocycles. The molecule has 0 radical (unpaired) electrons. The summed E-state index contributed by atoms with van der Waals surface area (Å²) in [5.74, 6) is 0.805. The largest absolute Gasteiger partial charge is 0.369 e. The van der Waals surface area contributed by atoms with Crippen molar-refractivity contribution in [3.05, 3.63) is 29.8 Å². The molecule has 0 aromatic heterocycles. The van der Waals surface area contributed by atoms with Crippen molar-refractivity contribution in [2.45, 2.75) is 45.7 Å². The normalized spacial score (nSPS) is 26.9. The molecule has 2 nitrogen and oxygen atoms in total. The number of piperidine rings is 1. The predicted molar refractivity (Wildman–Crippen MR) is 74.3 cm³/mol. The zero-order chi connectivity index (χ0) is 12.4. The Bertz CT molecular complexity index is 356. The first-order valence-corrected chi connectivity index (χ1v) is 6.70. The molecule has 1 aromatic rings. The van der Waals surface area contributed by atoms with Crippen molar-refractivity contribution < 1.29 is 0 Å². The highest BCUT2D eigenvalue weighted by Crippen LogP contribution is 2.28. The lowest BCUT2D eigenvalue weighted by Crippen LogP contribution is -2.41. The zero-order valence-electron chi connectivity index (χ0n) is 11.2. The van der Waals surface area contributed by atoms with Crippen LogP contribution in [0, 0.1) is 5.92 Å². The van der Waals surface area contributed by atoms with E-state index in [9.17, 15) is 0 Å². The van der Waals surface area contributed by atoms with Crippen molar-refractivity contribution in [1.29, 1.82) is 0 Å². The summed E-state index contributed by atoms with van der Waals surface area (Å²) in [5.41, 5.74) is 8.43. The fourth-order valence-electron chi connectivity index (χ4n) is 2.62. The molecule has 2 heteroatoms. The molecular formula is C15H24N2. The Hall–Kier alpha value is -1.02. The van der Waals surface area contributed by atoms with Gasteiger partial charge in [-0.3, -0.25) is 0 Å². The molecule has 17 heavy (non-hydrogen) atoms. The fraction of sp³-hybridized carbons (Fsp3) is 0.600. The first-order chi connectivity index (χ1) is 8.08. The van der Waals surface area contributed by atoms with Crippen LogP contribution in [0.3, 0.4) is 0 Å². The number of anilines is 1. The number of benzene rings is 1. The van der Waals surface area contributed by atoms with Gasteiger partial charge >= 0.3 is 0 Å². The van der Waals surface area contributed by atoms with E-state index in [1.807, 2.05) is 6.92 Å². The summed E-state index contributed by atoms with van der Waals surface area (Å²) in [6.45, 7) is 7.87. The smallest absolute Gasteiger partial charge is 0.0368 e. The Morgan fingerprint density at radius 2 is 1.82 bits per heavy atom. The van der Waals surface area contributed by atoms with Crippen molar-refractivity contribution >= 4 is 5.69 Å². The molecule has 1 fully saturated rings. The minimum atomic E-state index is 0.127. The molecule has 1 aliphatic heterocycles. The molecule has 2 rings (SSSR count). The van der Waals surface area contributed by atoms with Crippen LogP contribution in [0.4, 0.5) is 5.69 Å². The van der Waals surface area contributed by atoms with Crippen LogP contribution in [0.1, 0.15) is 45.2 Å². The highest BCUT2D eigenvalue weighted by molar-refractivity contribution is 5.49. The van der Waals surface area contributed by atoms with Gasteiger partial charge in [-0.05, 0) is 50.3 Å². The van der Waals surface area contributed by atoms with E-state index < -0.39 is 0 Å². The fourth-order valence-corrected chi connectivity index (χ4v) is 2.62. The van der Waals surface area contributed by atoms with E-state index >= 15 is 0 Å². The van der Waals surface area contributed by atoms with Gasteiger partial charge in [0.05, 0.1) is 0 Å². The lowest BCUT2D eigenvalue weighted by molar-refractivity contribution is 0.390. The molecule has 2 unspecified atom stereocenters. The van der Waals surface area contributed by atoms with E-state index in [-0.39, 0.29) is 6.04 Å². The maximum Gasteiger partial charge on any atom is 0.0368 e. The maximum absolute atomic E-state index is 5.88. The Morgan fingerprint density at radius 1 is 1.18 bits per heavy atom. The second kappa shape index (κ2) is 5.09. The van der Waals surface area contributed by atoms with E-state index in [2.05, 4.69) is 43.0 Å². The summed E-state index contributed by atoms with van der Waals surface area (Å²) in [5, 5.41) is 0. The Balaban J connectivity index is 2.15. The van der Waals surface area contributed by atoms with Crippen molar-refractivity contribution in [2.75, 3.05) is 11.4 Å². The van der Waals surface area contributed by atoms with Crippen molar-refractivity contribution in [3.63, 3.8) is 0 Å². The summed E-state index contributed by atoms with van der Waals surface area (Å²) in [4.78, 5) is 2.53. The molecule has 94 valence electrons. The van der Waals surface area contributed by atoms with Gasteiger partial charge in [0.2, 0.25) is 0 Å². The second-order valence-corrected chi connectivity index (χ2v) is 5.56. The van der Waals surface area contributed by atoms with Crippen LogP contribution in [0.15, 0.2) is 24.3 Å².